The van der Waals surface area contributed by atoms with Crippen LogP contribution in [-0.2, 0) is 13.1 Å². The molecular formula is C11H15BrN4S. The van der Waals surface area contributed by atoms with E-state index >= 15 is 0 Å². The number of hydrogen-bond acceptors (Lipinski definition) is 4. The largest absolute Gasteiger partial charge is 0.308 e. The van der Waals surface area contributed by atoms with E-state index in [0.29, 0.717) is 6.04 Å². The van der Waals surface area contributed by atoms with Gasteiger partial charge in [-0.25, -0.2) is 9.67 Å². The topological polar surface area (TPSA) is 42.7 Å². The Labute approximate surface area is 113 Å². The number of thiophene rings is 1. The van der Waals surface area contributed by atoms with Crippen molar-refractivity contribution in [2.24, 2.45) is 0 Å². The molecule has 0 saturated heterocycles. The Morgan fingerprint density at radius 3 is 3.00 bits per heavy atom. The van der Waals surface area contributed by atoms with Crippen LogP contribution < -0.4 is 5.32 Å². The van der Waals surface area contributed by atoms with Crippen molar-refractivity contribution >= 4 is 27.3 Å². The molecule has 0 fully saturated rings. The van der Waals surface area contributed by atoms with Crippen molar-refractivity contribution < 1.29 is 0 Å². The molecule has 0 unspecified atom stereocenters. The van der Waals surface area contributed by atoms with Crippen LogP contribution in [0.1, 0.15) is 24.5 Å². The van der Waals surface area contributed by atoms with E-state index in [9.17, 15) is 0 Å². The van der Waals surface area contributed by atoms with E-state index in [1.54, 1.807) is 17.7 Å². The molecule has 0 aromatic carbocycles. The predicted molar refractivity (Wildman–Crippen MR) is 73.1 cm³/mol. The summed E-state index contributed by atoms with van der Waals surface area (Å²) in [6.07, 6.45) is 1.78. The molecule has 0 bridgehead atoms. The molecule has 0 saturated carbocycles. The van der Waals surface area contributed by atoms with Crippen LogP contribution in [0.3, 0.4) is 0 Å². The van der Waals surface area contributed by atoms with Gasteiger partial charge in [-0.2, -0.15) is 5.10 Å². The van der Waals surface area contributed by atoms with E-state index < -0.39 is 0 Å². The number of aromatic nitrogens is 3. The maximum absolute atomic E-state index is 4.43. The SMILES string of the molecule is CC(C)NCc1ncn(Cc2sccc2Br)n1. The van der Waals surface area contributed by atoms with Gasteiger partial charge in [0.1, 0.15) is 6.33 Å². The zero-order valence-corrected chi connectivity index (χ0v) is 12.3. The molecule has 6 heteroatoms. The molecule has 0 radical (unpaired) electrons. The third-order valence-electron chi connectivity index (χ3n) is 2.25. The molecule has 0 spiro atoms. The second kappa shape index (κ2) is 5.75. The Balaban J connectivity index is 1.97. The normalized spacial score (nSPS) is 11.3. The van der Waals surface area contributed by atoms with Crippen LogP contribution >= 0.6 is 27.3 Å². The molecule has 92 valence electrons. The van der Waals surface area contributed by atoms with Gasteiger partial charge in [0, 0.05) is 15.4 Å². The van der Waals surface area contributed by atoms with Gasteiger partial charge in [0.2, 0.25) is 0 Å². The molecule has 0 atom stereocenters. The van der Waals surface area contributed by atoms with Crippen molar-refractivity contribution in [3.63, 3.8) is 0 Å². The molecule has 0 amide bonds. The molecule has 0 aliphatic heterocycles. The van der Waals surface area contributed by atoms with E-state index in [1.165, 1.54) is 4.88 Å². The molecule has 4 nitrogen and oxygen atoms in total. The number of hydrogen-bond donors (Lipinski definition) is 1. The Morgan fingerprint density at radius 2 is 2.35 bits per heavy atom. The summed E-state index contributed by atoms with van der Waals surface area (Å²) in [4.78, 5) is 5.54. The van der Waals surface area contributed by atoms with Crippen LogP contribution in [0.15, 0.2) is 22.2 Å². The number of rotatable bonds is 5. The van der Waals surface area contributed by atoms with Gasteiger partial charge in [-0.1, -0.05) is 13.8 Å². The van der Waals surface area contributed by atoms with Gasteiger partial charge >= 0.3 is 0 Å². The predicted octanol–water partition coefficient (Wildman–Crippen LogP) is 2.65. The zero-order chi connectivity index (χ0) is 12.3. The van der Waals surface area contributed by atoms with Crippen molar-refractivity contribution in [1.29, 1.82) is 0 Å². The van der Waals surface area contributed by atoms with E-state index in [-0.39, 0.29) is 0 Å². The van der Waals surface area contributed by atoms with Crippen molar-refractivity contribution in [2.45, 2.75) is 33.0 Å². The molecule has 2 heterocycles. The summed E-state index contributed by atoms with van der Waals surface area (Å²) >= 11 is 5.24. The van der Waals surface area contributed by atoms with Gasteiger partial charge in [0.25, 0.3) is 0 Å². The second-order valence-electron chi connectivity index (χ2n) is 4.09. The number of nitrogens with zero attached hydrogens (tertiary/aromatic N) is 3. The van der Waals surface area contributed by atoms with E-state index in [0.717, 1.165) is 23.4 Å². The van der Waals surface area contributed by atoms with Crippen molar-refractivity contribution in [3.8, 4) is 0 Å². The maximum atomic E-state index is 4.43. The highest BCUT2D eigenvalue weighted by Crippen LogP contribution is 2.23. The Morgan fingerprint density at radius 1 is 1.53 bits per heavy atom. The van der Waals surface area contributed by atoms with Gasteiger partial charge in [-0.3, -0.25) is 0 Å². The minimum atomic E-state index is 0.452. The highest BCUT2D eigenvalue weighted by Gasteiger charge is 2.05. The lowest BCUT2D eigenvalue weighted by Crippen LogP contribution is -2.22. The van der Waals surface area contributed by atoms with Crippen molar-refractivity contribution in [1.82, 2.24) is 20.1 Å². The first-order valence-corrected chi connectivity index (χ1v) is 7.16. The van der Waals surface area contributed by atoms with Gasteiger partial charge < -0.3 is 5.32 Å². The van der Waals surface area contributed by atoms with Crippen LogP contribution in [0.4, 0.5) is 0 Å². The fourth-order valence-corrected chi connectivity index (χ4v) is 2.84. The van der Waals surface area contributed by atoms with Crippen LogP contribution in [0, 0.1) is 0 Å². The highest BCUT2D eigenvalue weighted by atomic mass is 79.9. The van der Waals surface area contributed by atoms with E-state index in [2.05, 4.69) is 56.6 Å². The fourth-order valence-electron chi connectivity index (χ4n) is 1.37. The summed E-state index contributed by atoms with van der Waals surface area (Å²) in [5, 5.41) is 9.79. The van der Waals surface area contributed by atoms with Crippen LogP contribution in [-0.4, -0.2) is 20.8 Å². The number of nitrogens with one attached hydrogen (secondary N) is 1. The van der Waals surface area contributed by atoms with Crippen LogP contribution in [0.25, 0.3) is 0 Å². The lowest BCUT2D eigenvalue weighted by Gasteiger charge is -2.04. The van der Waals surface area contributed by atoms with Crippen molar-refractivity contribution in [3.05, 3.63) is 32.9 Å². The van der Waals surface area contributed by atoms with Crippen LogP contribution in [0.2, 0.25) is 0 Å². The molecule has 17 heavy (non-hydrogen) atoms. The zero-order valence-electron chi connectivity index (χ0n) is 9.85. The second-order valence-corrected chi connectivity index (χ2v) is 5.94. The van der Waals surface area contributed by atoms with Gasteiger partial charge in [0.05, 0.1) is 13.1 Å². The van der Waals surface area contributed by atoms with Crippen molar-refractivity contribution in [2.75, 3.05) is 0 Å². The first-order valence-electron chi connectivity index (χ1n) is 5.48. The van der Waals surface area contributed by atoms with Crippen LogP contribution in [0.5, 0.6) is 0 Å². The Hall–Kier alpha value is -0.720. The molecular weight excluding hydrogens is 300 g/mol. The summed E-state index contributed by atoms with van der Waals surface area (Å²) in [7, 11) is 0. The third kappa shape index (κ3) is 3.62. The lowest BCUT2D eigenvalue weighted by molar-refractivity contribution is 0.565. The fraction of sp³-hybridized carbons (Fsp3) is 0.455. The summed E-state index contributed by atoms with van der Waals surface area (Å²) in [5.41, 5.74) is 0. The summed E-state index contributed by atoms with van der Waals surface area (Å²) in [6.45, 7) is 5.71. The third-order valence-corrected chi connectivity index (χ3v) is 4.16. The minimum absolute atomic E-state index is 0.452. The summed E-state index contributed by atoms with van der Waals surface area (Å²) < 4.78 is 3.01. The molecule has 2 rings (SSSR count). The first-order chi connectivity index (χ1) is 8.15. The molecule has 1 N–H and O–H groups in total. The average Bonchev–Trinajstić information content (AvgIpc) is 2.87. The summed E-state index contributed by atoms with van der Waals surface area (Å²) in [6, 6.07) is 2.51. The van der Waals surface area contributed by atoms with E-state index in [1.807, 2.05) is 4.68 Å². The highest BCUT2D eigenvalue weighted by molar-refractivity contribution is 9.10. The minimum Gasteiger partial charge on any atom is -0.308 e. The maximum Gasteiger partial charge on any atom is 0.164 e. The van der Waals surface area contributed by atoms with Gasteiger partial charge in [-0.05, 0) is 27.4 Å². The summed E-state index contributed by atoms with van der Waals surface area (Å²) in [5.74, 6) is 0.839. The smallest absolute Gasteiger partial charge is 0.164 e. The molecule has 0 aliphatic rings. The quantitative estimate of drug-likeness (QED) is 0.922. The monoisotopic (exact) mass is 314 g/mol. The standard InChI is InChI=1S/C11H15BrN4S/c1-8(2)13-5-11-14-7-16(15-11)6-10-9(12)3-4-17-10/h3-4,7-8,13H,5-6H2,1-2H3. The number of halogens is 1. The van der Waals surface area contributed by atoms with E-state index in [4.69, 9.17) is 0 Å². The average molecular weight is 315 g/mol. The van der Waals surface area contributed by atoms with Gasteiger partial charge in [0.15, 0.2) is 5.82 Å². The lowest BCUT2D eigenvalue weighted by atomic mass is 10.4. The Kier molecular flexibility index (Phi) is 4.31. The molecule has 2 aromatic rings. The first kappa shape index (κ1) is 12.7. The Bertz CT molecular complexity index is 477. The molecule has 2 aromatic heterocycles. The van der Waals surface area contributed by atoms with Gasteiger partial charge in [-0.15, -0.1) is 11.3 Å². The molecule has 0 aliphatic carbocycles.